The number of benzene rings is 2. The van der Waals surface area contributed by atoms with Gasteiger partial charge in [0.05, 0.1) is 5.02 Å². The second kappa shape index (κ2) is 9.38. The van der Waals surface area contributed by atoms with Crippen molar-refractivity contribution < 1.29 is 12.8 Å². The lowest BCUT2D eigenvalue weighted by molar-refractivity contribution is 0.433. The molecule has 0 unspecified atom stereocenters. The maximum atomic E-state index is 13.1. The highest BCUT2D eigenvalue weighted by Crippen LogP contribution is 2.29. The quantitative estimate of drug-likeness (QED) is 0.516. The average Bonchev–Trinajstić information content (AvgIpc) is 3.05. The third-order valence-corrected chi connectivity index (χ3v) is 8.40. The second-order valence-electron chi connectivity index (χ2n) is 7.12. The van der Waals surface area contributed by atoms with Gasteiger partial charge >= 0.3 is 0 Å². The van der Waals surface area contributed by atoms with Gasteiger partial charge in [0, 0.05) is 49.2 Å². The third kappa shape index (κ3) is 5.18. The zero-order chi connectivity index (χ0) is 22.0. The lowest BCUT2D eigenvalue weighted by atomic mass is 10.1. The highest BCUT2D eigenvalue weighted by atomic mass is 35.5. The van der Waals surface area contributed by atoms with Crippen LogP contribution in [0.15, 0.2) is 47.4 Å². The molecule has 0 radical (unpaired) electrons. The van der Waals surface area contributed by atoms with Gasteiger partial charge in [-0.3, -0.25) is 0 Å². The zero-order valence-electron chi connectivity index (χ0n) is 16.3. The molecule has 1 fully saturated rings. The monoisotopic (exact) mass is 500 g/mol. The first-order chi connectivity index (χ1) is 14.8. The highest BCUT2D eigenvalue weighted by molar-refractivity contribution is 7.89. The van der Waals surface area contributed by atoms with Crippen LogP contribution in [0, 0.1) is 5.82 Å². The van der Waals surface area contributed by atoms with E-state index in [1.165, 1.54) is 40.1 Å². The van der Waals surface area contributed by atoms with Crippen molar-refractivity contribution in [3.8, 4) is 0 Å². The minimum atomic E-state index is -3.76. The van der Waals surface area contributed by atoms with E-state index in [9.17, 15) is 12.8 Å². The van der Waals surface area contributed by atoms with Crippen LogP contribution in [0.1, 0.15) is 17.8 Å². The molecule has 164 valence electrons. The standard InChI is InChI=1S/C20H19Cl2FN4O2S2/c21-15-4-7-17(22)18(13-15)31(28,29)27-9-1-8-26(10-11-27)20-24-19(25-30-20)12-14-2-5-16(23)6-3-14/h2-7,13H,1,8-12H2. The summed E-state index contributed by atoms with van der Waals surface area (Å²) in [5.41, 5.74) is 0.928. The Morgan fingerprint density at radius 2 is 1.81 bits per heavy atom. The van der Waals surface area contributed by atoms with E-state index in [0.717, 1.165) is 10.7 Å². The molecular weight excluding hydrogens is 482 g/mol. The van der Waals surface area contributed by atoms with Gasteiger partial charge in [-0.1, -0.05) is 35.3 Å². The number of hydrogen-bond acceptors (Lipinski definition) is 6. The lowest BCUT2D eigenvalue weighted by Crippen LogP contribution is -2.35. The number of sulfonamides is 1. The minimum absolute atomic E-state index is 0.0209. The van der Waals surface area contributed by atoms with Crippen molar-refractivity contribution in [3.63, 3.8) is 0 Å². The van der Waals surface area contributed by atoms with Gasteiger partial charge in [-0.25, -0.2) is 17.8 Å². The molecule has 0 saturated carbocycles. The summed E-state index contributed by atoms with van der Waals surface area (Å²) >= 11 is 13.4. The smallest absolute Gasteiger partial charge is 0.244 e. The molecule has 2 heterocycles. The van der Waals surface area contributed by atoms with Crippen molar-refractivity contribution in [2.24, 2.45) is 0 Å². The molecule has 4 rings (SSSR count). The Labute approximate surface area is 194 Å². The molecule has 1 aromatic heterocycles. The molecule has 1 saturated heterocycles. The number of anilines is 1. The first-order valence-corrected chi connectivity index (χ1v) is 12.6. The Balaban J connectivity index is 1.45. The fraction of sp³-hybridized carbons (Fsp3) is 0.300. The Bertz CT molecular complexity index is 1170. The molecule has 1 aliphatic heterocycles. The molecule has 2 aromatic carbocycles. The summed E-state index contributed by atoms with van der Waals surface area (Å²) in [7, 11) is -3.76. The molecule has 0 bridgehead atoms. The second-order valence-corrected chi connectivity index (χ2v) is 10.6. The molecule has 0 spiro atoms. The number of nitrogens with zero attached hydrogens (tertiary/aromatic N) is 4. The van der Waals surface area contributed by atoms with E-state index in [1.54, 1.807) is 18.2 Å². The van der Waals surface area contributed by atoms with Crippen molar-refractivity contribution in [3.05, 3.63) is 69.7 Å². The lowest BCUT2D eigenvalue weighted by Gasteiger charge is -2.21. The molecule has 0 atom stereocenters. The Morgan fingerprint density at radius 1 is 1.03 bits per heavy atom. The fourth-order valence-corrected chi connectivity index (χ4v) is 6.31. The van der Waals surface area contributed by atoms with Crippen LogP contribution in [0.25, 0.3) is 0 Å². The summed E-state index contributed by atoms with van der Waals surface area (Å²) < 4.78 is 45.1. The maximum absolute atomic E-state index is 13.1. The first kappa shape index (κ1) is 22.4. The summed E-state index contributed by atoms with van der Waals surface area (Å²) in [6, 6.07) is 10.7. The Kier molecular flexibility index (Phi) is 6.78. The van der Waals surface area contributed by atoms with Gasteiger partial charge in [0.1, 0.15) is 16.5 Å². The van der Waals surface area contributed by atoms with Crippen LogP contribution in [0.5, 0.6) is 0 Å². The predicted octanol–water partition coefficient (Wildman–Crippen LogP) is 4.48. The molecular formula is C20H19Cl2FN4O2S2. The predicted molar refractivity (Wildman–Crippen MR) is 121 cm³/mol. The van der Waals surface area contributed by atoms with Crippen LogP contribution >= 0.6 is 34.7 Å². The van der Waals surface area contributed by atoms with Gasteiger partial charge in [-0.2, -0.15) is 8.68 Å². The first-order valence-electron chi connectivity index (χ1n) is 9.60. The fourth-order valence-electron chi connectivity index (χ4n) is 3.37. The van der Waals surface area contributed by atoms with Crippen molar-refractivity contribution in [2.45, 2.75) is 17.7 Å². The van der Waals surface area contributed by atoms with Crippen molar-refractivity contribution in [2.75, 3.05) is 31.1 Å². The highest BCUT2D eigenvalue weighted by Gasteiger charge is 2.29. The summed E-state index contributed by atoms with van der Waals surface area (Å²) in [6.45, 7) is 1.84. The van der Waals surface area contributed by atoms with Crippen molar-refractivity contribution >= 4 is 49.9 Å². The van der Waals surface area contributed by atoms with Crippen LogP contribution in [-0.2, 0) is 16.4 Å². The minimum Gasteiger partial charge on any atom is -0.345 e. The number of hydrogen-bond donors (Lipinski definition) is 0. The molecule has 0 aliphatic carbocycles. The summed E-state index contributed by atoms with van der Waals surface area (Å²) in [5.74, 6) is 0.379. The van der Waals surface area contributed by atoms with Crippen LogP contribution in [0.2, 0.25) is 10.0 Å². The molecule has 0 amide bonds. The summed E-state index contributed by atoms with van der Waals surface area (Å²) in [5, 5.41) is 1.22. The van der Waals surface area contributed by atoms with Gasteiger partial charge in [-0.15, -0.1) is 0 Å². The van der Waals surface area contributed by atoms with E-state index in [0.29, 0.717) is 49.9 Å². The summed E-state index contributed by atoms with van der Waals surface area (Å²) in [6.07, 6.45) is 1.16. The number of rotatable bonds is 5. The molecule has 1 aliphatic rings. The van der Waals surface area contributed by atoms with Crippen LogP contribution in [0.4, 0.5) is 9.52 Å². The number of aromatic nitrogens is 2. The maximum Gasteiger partial charge on any atom is 0.244 e. The largest absolute Gasteiger partial charge is 0.345 e. The zero-order valence-corrected chi connectivity index (χ0v) is 19.5. The van der Waals surface area contributed by atoms with Gasteiger partial charge in [0.2, 0.25) is 15.2 Å². The van der Waals surface area contributed by atoms with Crippen LogP contribution in [0.3, 0.4) is 0 Å². The van der Waals surface area contributed by atoms with E-state index in [2.05, 4.69) is 9.36 Å². The van der Waals surface area contributed by atoms with Crippen molar-refractivity contribution in [1.82, 2.24) is 13.7 Å². The molecule has 3 aromatic rings. The third-order valence-electron chi connectivity index (χ3n) is 4.97. The Hall–Kier alpha value is -1.78. The van der Waals surface area contributed by atoms with E-state index in [1.807, 2.05) is 4.90 Å². The van der Waals surface area contributed by atoms with Crippen LogP contribution < -0.4 is 4.90 Å². The number of halogens is 3. The normalized spacial score (nSPS) is 15.8. The van der Waals surface area contributed by atoms with E-state index < -0.39 is 10.0 Å². The molecule has 11 heteroatoms. The SMILES string of the molecule is O=S(=O)(c1cc(Cl)ccc1Cl)N1CCCN(c2nc(Cc3ccc(F)cc3)ns2)CC1. The topological polar surface area (TPSA) is 66.4 Å². The van der Waals surface area contributed by atoms with Gasteiger partial charge in [0.25, 0.3) is 0 Å². The molecule has 6 nitrogen and oxygen atoms in total. The van der Waals surface area contributed by atoms with Crippen molar-refractivity contribution in [1.29, 1.82) is 0 Å². The molecule has 31 heavy (non-hydrogen) atoms. The average molecular weight is 501 g/mol. The van der Waals surface area contributed by atoms with Crippen LogP contribution in [-0.4, -0.2) is 48.3 Å². The van der Waals surface area contributed by atoms with Gasteiger partial charge in [0.15, 0.2) is 0 Å². The summed E-state index contributed by atoms with van der Waals surface area (Å²) in [4.78, 5) is 6.66. The molecule has 0 N–H and O–H groups in total. The van der Waals surface area contributed by atoms with Gasteiger partial charge < -0.3 is 4.90 Å². The van der Waals surface area contributed by atoms with E-state index in [4.69, 9.17) is 23.2 Å². The van der Waals surface area contributed by atoms with E-state index in [-0.39, 0.29) is 15.7 Å². The Morgan fingerprint density at radius 3 is 2.58 bits per heavy atom. The van der Waals surface area contributed by atoms with Gasteiger partial charge in [-0.05, 0) is 42.3 Å². The van der Waals surface area contributed by atoms with E-state index >= 15 is 0 Å².